The Morgan fingerprint density at radius 2 is 1.68 bits per heavy atom. The molecular formula is C24H29N3O. The van der Waals surface area contributed by atoms with Crippen molar-refractivity contribution in [2.75, 3.05) is 37.6 Å². The van der Waals surface area contributed by atoms with Gasteiger partial charge in [-0.15, -0.1) is 0 Å². The van der Waals surface area contributed by atoms with Crippen LogP contribution < -0.4 is 10.2 Å². The van der Waals surface area contributed by atoms with Crippen LogP contribution >= 0.6 is 0 Å². The van der Waals surface area contributed by atoms with Crippen LogP contribution in [0.1, 0.15) is 36.4 Å². The number of likely N-dealkylation sites (tertiary alicyclic amines) is 1. The number of para-hydroxylation sites is 1. The second kappa shape index (κ2) is 7.25. The summed E-state index contributed by atoms with van der Waals surface area (Å²) >= 11 is 0. The van der Waals surface area contributed by atoms with Gasteiger partial charge in [-0.25, -0.2) is 0 Å². The van der Waals surface area contributed by atoms with E-state index in [1.54, 1.807) is 0 Å². The van der Waals surface area contributed by atoms with Crippen LogP contribution in [-0.4, -0.2) is 43.5 Å². The first-order chi connectivity index (χ1) is 13.8. The Morgan fingerprint density at radius 1 is 0.929 bits per heavy atom. The minimum absolute atomic E-state index is 0.222. The van der Waals surface area contributed by atoms with Crippen LogP contribution in [0.5, 0.6) is 0 Å². The fourth-order valence-electron chi connectivity index (χ4n) is 5.32. The molecule has 1 N–H and O–H groups in total. The maximum atomic E-state index is 13.8. The fraction of sp³-hybridized carbons (Fsp3) is 0.458. The molecule has 2 saturated heterocycles. The molecule has 4 nitrogen and oxygen atoms in total. The van der Waals surface area contributed by atoms with Gasteiger partial charge >= 0.3 is 0 Å². The Hall–Kier alpha value is -2.33. The monoisotopic (exact) mass is 375 g/mol. The predicted octanol–water partition coefficient (Wildman–Crippen LogP) is 3.39. The molecule has 4 heteroatoms. The summed E-state index contributed by atoms with van der Waals surface area (Å²) in [4.78, 5) is 18.2. The molecule has 2 aromatic rings. The van der Waals surface area contributed by atoms with E-state index in [1.807, 2.05) is 18.2 Å². The summed E-state index contributed by atoms with van der Waals surface area (Å²) in [6, 6.07) is 18.7. The highest BCUT2D eigenvalue weighted by atomic mass is 16.2. The predicted molar refractivity (Wildman–Crippen MR) is 112 cm³/mol. The maximum absolute atomic E-state index is 13.8. The lowest BCUT2D eigenvalue weighted by molar-refractivity contribution is -0.135. The summed E-state index contributed by atoms with van der Waals surface area (Å²) < 4.78 is 0. The van der Waals surface area contributed by atoms with Gasteiger partial charge in [0.15, 0.2) is 0 Å². The number of hydrogen-bond donors (Lipinski definition) is 1. The van der Waals surface area contributed by atoms with E-state index in [-0.39, 0.29) is 11.9 Å². The van der Waals surface area contributed by atoms with Gasteiger partial charge in [0, 0.05) is 31.9 Å². The van der Waals surface area contributed by atoms with Crippen LogP contribution in [0.2, 0.25) is 0 Å². The number of amides is 1. The second-order valence-electron chi connectivity index (χ2n) is 8.64. The van der Waals surface area contributed by atoms with Gasteiger partial charge in [0.1, 0.15) is 6.04 Å². The zero-order chi connectivity index (χ0) is 19.0. The van der Waals surface area contributed by atoms with Crippen molar-refractivity contribution in [3.8, 4) is 0 Å². The van der Waals surface area contributed by atoms with Crippen molar-refractivity contribution >= 4 is 11.6 Å². The van der Waals surface area contributed by atoms with E-state index in [2.05, 4.69) is 51.5 Å². The van der Waals surface area contributed by atoms with Crippen LogP contribution in [-0.2, 0) is 11.2 Å². The van der Waals surface area contributed by atoms with E-state index in [9.17, 15) is 4.79 Å². The normalized spacial score (nSPS) is 21.7. The maximum Gasteiger partial charge on any atom is 0.249 e. The van der Waals surface area contributed by atoms with Crippen LogP contribution in [0.3, 0.4) is 0 Å². The van der Waals surface area contributed by atoms with Crippen LogP contribution in [0.15, 0.2) is 54.6 Å². The third kappa shape index (κ3) is 3.10. The third-order valence-corrected chi connectivity index (χ3v) is 7.05. The Balaban J connectivity index is 1.42. The quantitative estimate of drug-likeness (QED) is 0.893. The van der Waals surface area contributed by atoms with E-state index in [4.69, 9.17) is 0 Å². The van der Waals surface area contributed by atoms with E-state index < -0.39 is 0 Å². The second-order valence-corrected chi connectivity index (χ2v) is 8.64. The number of nitrogens with zero attached hydrogens (tertiary/aromatic N) is 2. The third-order valence-electron chi connectivity index (χ3n) is 7.05. The van der Waals surface area contributed by atoms with Gasteiger partial charge in [-0.1, -0.05) is 48.5 Å². The summed E-state index contributed by atoms with van der Waals surface area (Å²) in [5.41, 5.74) is 4.11. The molecule has 0 aliphatic carbocycles. The number of carbonyl (C=O) groups is 1. The first-order valence-electron chi connectivity index (χ1n) is 10.6. The molecule has 0 radical (unpaired) electrons. The highest BCUT2D eigenvalue weighted by Gasteiger charge is 2.41. The van der Waals surface area contributed by atoms with Crippen LogP contribution in [0.4, 0.5) is 5.69 Å². The highest BCUT2D eigenvalue weighted by Crippen LogP contribution is 2.40. The number of fused-ring (bicyclic) bond motifs is 1. The number of anilines is 1. The molecule has 2 aromatic carbocycles. The smallest absolute Gasteiger partial charge is 0.249 e. The number of rotatable bonds is 3. The van der Waals surface area contributed by atoms with Crippen molar-refractivity contribution in [1.29, 1.82) is 0 Å². The minimum atomic E-state index is -0.222. The summed E-state index contributed by atoms with van der Waals surface area (Å²) in [7, 11) is 0. The summed E-state index contributed by atoms with van der Waals surface area (Å²) in [5.74, 6) is 0.267. The molecule has 28 heavy (non-hydrogen) atoms. The largest absolute Gasteiger partial charge is 0.355 e. The number of hydrogen-bond acceptors (Lipinski definition) is 3. The molecule has 2 fully saturated rings. The molecule has 1 amide bonds. The molecule has 1 unspecified atom stereocenters. The fourth-order valence-corrected chi connectivity index (χ4v) is 5.32. The van der Waals surface area contributed by atoms with Crippen LogP contribution in [0, 0.1) is 5.41 Å². The first kappa shape index (κ1) is 17.7. The molecule has 3 aliphatic rings. The SMILES string of the molecule is O=C(C(c1ccccc1)N1CCc2ccccc21)N1CCC2(CCNC2)CC1. The molecule has 3 aliphatic heterocycles. The van der Waals surface area contributed by atoms with Crippen molar-refractivity contribution in [2.45, 2.75) is 31.7 Å². The topological polar surface area (TPSA) is 35.6 Å². The lowest BCUT2D eigenvalue weighted by Crippen LogP contribution is -2.48. The lowest BCUT2D eigenvalue weighted by atomic mass is 9.77. The number of carbonyl (C=O) groups excluding carboxylic acids is 1. The minimum Gasteiger partial charge on any atom is -0.355 e. The summed E-state index contributed by atoms with van der Waals surface area (Å²) in [5, 5.41) is 3.52. The van der Waals surface area contributed by atoms with Crippen molar-refractivity contribution in [3.63, 3.8) is 0 Å². The van der Waals surface area contributed by atoms with E-state index in [1.165, 1.54) is 17.7 Å². The molecule has 1 atom stereocenters. The molecule has 146 valence electrons. The van der Waals surface area contributed by atoms with Gasteiger partial charge in [-0.2, -0.15) is 0 Å². The zero-order valence-corrected chi connectivity index (χ0v) is 16.4. The molecular weight excluding hydrogens is 346 g/mol. The van der Waals surface area contributed by atoms with Crippen molar-refractivity contribution < 1.29 is 4.79 Å². The Bertz CT molecular complexity index is 834. The van der Waals surface area contributed by atoms with Crippen LogP contribution in [0.25, 0.3) is 0 Å². The molecule has 0 bridgehead atoms. The van der Waals surface area contributed by atoms with Crippen molar-refractivity contribution in [2.24, 2.45) is 5.41 Å². The number of nitrogens with one attached hydrogen (secondary N) is 1. The summed E-state index contributed by atoms with van der Waals surface area (Å²) in [6.45, 7) is 4.94. The first-order valence-corrected chi connectivity index (χ1v) is 10.6. The molecule has 0 aromatic heterocycles. The zero-order valence-electron chi connectivity index (χ0n) is 16.4. The van der Waals surface area contributed by atoms with Gasteiger partial charge in [0.2, 0.25) is 5.91 Å². The number of piperidine rings is 1. The molecule has 5 rings (SSSR count). The van der Waals surface area contributed by atoms with Gasteiger partial charge in [0.25, 0.3) is 0 Å². The average molecular weight is 376 g/mol. The Morgan fingerprint density at radius 3 is 2.43 bits per heavy atom. The molecule has 0 saturated carbocycles. The average Bonchev–Trinajstić information content (AvgIpc) is 3.37. The summed E-state index contributed by atoms with van der Waals surface area (Å²) in [6.07, 6.45) is 4.53. The number of benzene rings is 2. The van der Waals surface area contributed by atoms with Gasteiger partial charge in [-0.05, 0) is 54.8 Å². The van der Waals surface area contributed by atoms with Gasteiger partial charge < -0.3 is 15.1 Å². The van der Waals surface area contributed by atoms with E-state index >= 15 is 0 Å². The highest BCUT2D eigenvalue weighted by molar-refractivity contribution is 5.87. The van der Waals surface area contributed by atoms with E-state index in [0.717, 1.165) is 57.5 Å². The van der Waals surface area contributed by atoms with E-state index in [0.29, 0.717) is 5.41 Å². The molecule has 1 spiro atoms. The van der Waals surface area contributed by atoms with Crippen molar-refractivity contribution in [3.05, 3.63) is 65.7 Å². The Kier molecular flexibility index (Phi) is 4.59. The standard InChI is InChI=1S/C24H29N3O/c28-23(26-16-12-24(13-17-26)11-14-25-18-24)22(20-7-2-1-3-8-20)27-15-10-19-6-4-5-9-21(19)27/h1-9,22,25H,10-18H2. The van der Waals surface area contributed by atoms with Gasteiger partial charge in [0.05, 0.1) is 0 Å². The molecule has 3 heterocycles. The van der Waals surface area contributed by atoms with Crippen molar-refractivity contribution in [1.82, 2.24) is 10.2 Å². The lowest BCUT2D eigenvalue weighted by Gasteiger charge is -2.41. The van der Waals surface area contributed by atoms with Gasteiger partial charge in [-0.3, -0.25) is 4.79 Å². The Labute approximate surface area is 167 Å².